The second-order valence-corrected chi connectivity index (χ2v) is 8.23. The average Bonchev–Trinajstić information content (AvgIpc) is 2.78. The van der Waals surface area contributed by atoms with Crippen molar-refractivity contribution in [1.82, 2.24) is 10.6 Å². The van der Waals surface area contributed by atoms with Crippen LogP contribution in [0.15, 0.2) is 36.4 Å². The van der Waals surface area contributed by atoms with Crippen molar-refractivity contribution in [3.63, 3.8) is 0 Å². The predicted octanol–water partition coefficient (Wildman–Crippen LogP) is 3.37. The molecule has 2 amide bonds. The Balaban J connectivity index is 1.66. The third-order valence-electron chi connectivity index (χ3n) is 5.79. The maximum atomic E-state index is 12.6. The molecule has 0 saturated heterocycles. The van der Waals surface area contributed by atoms with Crippen molar-refractivity contribution >= 4 is 11.8 Å². The molecule has 0 aromatic heterocycles. The van der Waals surface area contributed by atoms with E-state index in [9.17, 15) is 9.59 Å². The van der Waals surface area contributed by atoms with Gasteiger partial charge in [-0.2, -0.15) is 0 Å². The first-order valence-electron chi connectivity index (χ1n) is 10.3. The Kier molecular flexibility index (Phi) is 6.73. The third kappa shape index (κ3) is 4.76. The Morgan fingerprint density at radius 2 is 1.68 bits per heavy atom. The highest BCUT2D eigenvalue weighted by Crippen LogP contribution is 2.41. The van der Waals surface area contributed by atoms with Crippen molar-refractivity contribution < 1.29 is 23.8 Å². The van der Waals surface area contributed by atoms with Crippen LogP contribution in [-0.2, 0) is 10.2 Å². The van der Waals surface area contributed by atoms with Gasteiger partial charge in [0.05, 0.1) is 33.9 Å². The molecule has 0 radical (unpaired) electrons. The Morgan fingerprint density at radius 3 is 2.29 bits per heavy atom. The van der Waals surface area contributed by atoms with Gasteiger partial charge in [-0.05, 0) is 41.5 Å². The molecule has 0 bridgehead atoms. The van der Waals surface area contributed by atoms with Gasteiger partial charge < -0.3 is 24.8 Å². The summed E-state index contributed by atoms with van der Waals surface area (Å²) in [4.78, 5) is 25.2. The molecule has 0 spiro atoms. The van der Waals surface area contributed by atoms with Gasteiger partial charge in [0.15, 0.2) is 11.5 Å². The highest BCUT2D eigenvalue weighted by molar-refractivity contribution is 5.97. The lowest BCUT2D eigenvalue weighted by molar-refractivity contribution is -0.121. The van der Waals surface area contributed by atoms with E-state index in [0.29, 0.717) is 22.8 Å². The molecule has 0 fully saturated rings. The molecule has 2 N–H and O–H groups in total. The summed E-state index contributed by atoms with van der Waals surface area (Å²) >= 11 is 0. The summed E-state index contributed by atoms with van der Waals surface area (Å²) in [7, 11) is 4.46. The van der Waals surface area contributed by atoms with Gasteiger partial charge in [-0.25, -0.2) is 0 Å². The number of benzene rings is 2. The van der Waals surface area contributed by atoms with Gasteiger partial charge >= 0.3 is 0 Å². The zero-order valence-electron chi connectivity index (χ0n) is 18.7. The Morgan fingerprint density at radius 1 is 1.03 bits per heavy atom. The van der Waals surface area contributed by atoms with Gasteiger partial charge in [0, 0.05) is 5.56 Å². The fraction of sp³-hybridized carbons (Fsp3) is 0.417. The molecule has 0 aliphatic heterocycles. The molecular weight excluding hydrogens is 396 g/mol. The summed E-state index contributed by atoms with van der Waals surface area (Å²) in [6, 6.07) is 11.3. The largest absolute Gasteiger partial charge is 0.493 e. The second-order valence-electron chi connectivity index (χ2n) is 8.23. The van der Waals surface area contributed by atoms with Gasteiger partial charge in [0.25, 0.3) is 5.91 Å². The van der Waals surface area contributed by atoms with Crippen molar-refractivity contribution in [2.75, 3.05) is 27.9 Å². The molecule has 2 aromatic carbocycles. The summed E-state index contributed by atoms with van der Waals surface area (Å²) in [5.74, 6) is 0.508. The Bertz CT molecular complexity index is 945. The monoisotopic (exact) mass is 426 g/mol. The molecule has 7 nitrogen and oxygen atoms in total. The first-order chi connectivity index (χ1) is 14.8. The van der Waals surface area contributed by atoms with E-state index < -0.39 is 5.91 Å². The number of ether oxygens (including phenoxy) is 3. The molecule has 1 aliphatic carbocycles. The number of carbonyl (C=O) groups excluding carboxylic acids is 2. The molecule has 0 saturated carbocycles. The first-order valence-corrected chi connectivity index (χ1v) is 10.3. The zero-order valence-corrected chi connectivity index (χ0v) is 18.7. The van der Waals surface area contributed by atoms with Gasteiger partial charge in [-0.1, -0.05) is 38.1 Å². The van der Waals surface area contributed by atoms with E-state index in [4.69, 9.17) is 14.2 Å². The van der Waals surface area contributed by atoms with Gasteiger partial charge in [-0.15, -0.1) is 0 Å². The van der Waals surface area contributed by atoms with Crippen molar-refractivity contribution in [3.05, 3.63) is 53.1 Å². The number of amides is 2. The highest BCUT2D eigenvalue weighted by Gasteiger charge is 2.32. The fourth-order valence-corrected chi connectivity index (χ4v) is 4.08. The topological polar surface area (TPSA) is 85.9 Å². The number of hydrogen-bond donors (Lipinski definition) is 2. The minimum atomic E-state index is -0.403. The van der Waals surface area contributed by atoms with Crippen LogP contribution >= 0.6 is 0 Å². The minimum absolute atomic E-state index is 0.0604. The lowest BCUT2D eigenvalue weighted by atomic mass is 9.71. The molecule has 1 atom stereocenters. The normalized spacial score (nSPS) is 16.6. The van der Waals surface area contributed by atoms with Gasteiger partial charge in [-0.3, -0.25) is 9.59 Å². The maximum Gasteiger partial charge on any atom is 0.251 e. The zero-order chi connectivity index (χ0) is 22.6. The maximum absolute atomic E-state index is 12.6. The average molecular weight is 427 g/mol. The molecule has 166 valence electrons. The molecule has 31 heavy (non-hydrogen) atoms. The van der Waals surface area contributed by atoms with Crippen LogP contribution in [0.25, 0.3) is 0 Å². The summed E-state index contributed by atoms with van der Waals surface area (Å²) in [6.07, 6.45) is 1.84. The van der Waals surface area contributed by atoms with Gasteiger partial charge in [0.1, 0.15) is 0 Å². The summed E-state index contributed by atoms with van der Waals surface area (Å²) in [5, 5.41) is 5.73. The summed E-state index contributed by atoms with van der Waals surface area (Å²) < 4.78 is 15.8. The molecule has 2 aromatic rings. The van der Waals surface area contributed by atoms with Crippen molar-refractivity contribution in [2.45, 2.75) is 38.1 Å². The third-order valence-corrected chi connectivity index (χ3v) is 5.79. The minimum Gasteiger partial charge on any atom is -0.493 e. The lowest BCUT2D eigenvalue weighted by Crippen LogP contribution is -2.41. The molecule has 1 aliphatic rings. The number of rotatable bonds is 7. The Hall–Kier alpha value is -3.22. The van der Waals surface area contributed by atoms with Crippen LogP contribution in [0.5, 0.6) is 17.2 Å². The standard InChI is InChI=1S/C24H30N2O5/c1-24(2)11-10-18(16-8-6-7-9-17(16)24)26-21(27)14-25-23(28)15-12-19(29-3)22(31-5)20(13-15)30-4/h6-9,12-13,18H,10-11,14H2,1-5H3,(H,25,28)(H,26,27). The first kappa shape index (κ1) is 22.5. The van der Waals surface area contributed by atoms with Crippen LogP contribution in [-0.4, -0.2) is 39.7 Å². The smallest absolute Gasteiger partial charge is 0.251 e. The van der Waals surface area contributed by atoms with E-state index in [1.807, 2.05) is 12.1 Å². The van der Waals surface area contributed by atoms with E-state index in [1.54, 1.807) is 12.1 Å². The van der Waals surface area contributed by atoms with Crippen molar-refractivity contribution in [1.29, 1.82) is 0 Å². The van der Waals surface area contributed by atoms with Crippen LogP contribution in [0.3, 0.4) is 0 Å². The van der Waals surface area contributed by atoms with Crippen molar-refractivity contribution in [2.24, 2.45) is 0 Å². The van der Waals surface area contributed by atoms with Gasteiger partial charge in [0.2, 0.25) is 11.7 Å². The van der Waals surface area contributed by atoms with Crippen LogP contribution < -0.4 is 24.8 Å². The molecule has 3 rings (SSSR count). The Labute approximate surface area is 183 Å². The molecule has 1 unspecified atom stereocenters. The number of nitrogens with one attached hydrogen (secondary N) is 2. The number of hydrogen-bond acceptors (Lipinski definition) is 5. The van der Waals surface area contributed by atoms with Crippen LogP contribution in [0.4, 0.5) is 0 Å². The van der Waals surface area contributed by atoms with E-state index in [2.05, 4.69) is 36.6 Å². The van der Waals surface area contributed by atoms with E-state index >= 15 is 0 Å². The summed E-state index contributed by atoms with van der Waals surface area (Å²) in [5.41, 5.74) is 2.79. The van der Waals surface area contributed by atoms with Crippen LogP contribution in [0.2, 0.25) is 0 Å². The molecule has 0 heterocycles. The fourth-order valence-electron chi connectivity index (χ4n) is 4.08. The SMILES string of the molecule is COc1cc(C(=O)NCC(=O)NC2CCC(C)(C)c3ccccc32)cc(OC)c1OC. The van der Waals surface area contributed by atoms with E-state index in [-0.39, 0.29) is 23.9 Å². The van der Waals surface area contributed by atoms with E-state index in [0.717, 1.165) is 18.4 Å². The number of carbonyl (C=O) groups is 2. The van der Waals surface area contributed by atoms with Crippen molar-refractivity contribution in [3.8, 4) is 17.2 Å². The molecular formula is C24H30N2O5. The lowest BCUT2D eigenvalue weighted by Gasteiger charge is -2.37. The second kappa shape index (κ2) is 9.29. The number of fused-ring (bicyclic) bond motifs is 1. The predicted molar refractivity (Wildman–Crippen MR) is 118 cm³/mol. The summed E-state index contributed by atoms with van der Waals surface area (Å²) in [6.45, 7) is 4.32. The van der Waals surface area contributed by atoms with Crippen LogP contribution in [0, 0.1) is 0 Å². The van der Waals surface area contributed by atoms with E-state index in [1.165, 1.54) is 26.9 Å². The quantitative estimate of drug-likeness (QED) is 0.709. The molecule has 7 heteroatoms. The number of methoxy groups -OCH3 is 3. The highest BCUT2D eigenvalue weighted by atomic mass is 16.5. The van der Waals surface area contributed by atoms with Crippen LogP contribution in [0.1, 0.15) is 54.2 Å².